The highest BCUT2D eigenvalue weighted by atomic mass is 31.2. The lowest BCUT2D eigenvalue weighted by atomic mass is 9.98. The lowest BCUT2D eigenvalue weighted by molar-refractivity contribution is -0.0560. The SMILES string of the molecule is CCCCCCCCCCCCCCCCCCOC[C@H](COP(=O)(O)OC[C@@H]1CC[C@](C#N)(c2ccc3c(N)ncnn23)O1)OCc1ccc(C#N)c(F)c1. The minimum atomic E-state index is -4.58. The Bertz CT molecular complexity index is 1750. The molecule has 1 fully saturated rings. The summed E-state index contributed by atoms with van der Waals surface area (Å²) in [6.07, 6.45) is 20.9. The summed E-state index contributed by atoms with van der Waals surface area (Å²) in [6.45, 7) is 2.15. The van der Waals surface area contributed by atoms with Gasteiger partial charge in [0, 0.05) is 6.61 Å². The fraction of sp³-hybridized carbons (Fsp3) is 0.659. The van der Waals surface area contributed by atoms with Crippen LogP contribution in [0.15, 0.2) is 36.7 Å². The first kappa shape index (κ1) is 45.2. The van der Waals surface area contributed by atoms with Crippen LogP contribution in [-0.2, 0) is 40.0 Å². The molecule has 0 saturated carbocycles. The van der Waals surface area contributed by atoms with E-state index >= 15 is 0 Å². The highest BCUT2D eigenvalue weighted by Gasteiger charge is 2.45. The Kier molecular flexibility index (Phi) is 19.7. The van der Waals surface area contributed by atoms with E-state index in [1.165, 1.54) is 106 Å². The highest BCUT2D eigenvalue weighted by molar-refractivity contribution is 7.47. The predicted octanol–water partition coefficient (Wildman–Crippen LogP) is 9.22. The number of unbranched alkanes of at least 4 members (excludes halogenated alkanes) is 15. The summed E-state index contributed by atoms with van der Waals surface area (Å²) in [5.74, 6) is -0.404. The maximum Gasteiger partial charge on any atom is 0.472 e. The number of anilines is 1. The number of nitrogen functional groups attached to an aromatic ring is 1. The molecule has 1 unspecified atom stereocenters. The average Bonchev–Trinajstić information content (AvgIpc) is 3.84. The van der Waals surface area contributed by atoms with Gasteiger partial charge in [-0.2, -0.15) is 15.6 Å². The lowest BCUT2D eigenvalue weighted by Gasteiger charge is -2.23. The number of hydrogen-bond donors (Lipinski definition) is 2. The monoisotopic (exact) mass is 798 g/mol. The van der Waals surface area contributed by atoms with E-state index in [9.17, 15) is 19.1 Å². The zero-order valence-electron chi connectivity index (χ0n) is 32.9. The van der Waals surface area contributed by atoms with Crippen LogP contribution in [0.3, 0.4) is 0 Å². The van der Waals surface area contributed by atoms with Gasteiger partial charge in [0.05, 0.1) is 43.8 Å². The van der Waals surface area contributed by atoms with Crippen LogP contribution in [0.25, 0.3) is 5.52 Å². The molecular formula is C41H60FN6O7P. The topological polar surface area (TPSA) is 187 Å². The quantitative estimate of drug-likeness (QED) is 0.0501. The van der Waals surface area contributed by atoms with Crippen molar-refractivity contribution in [3.05, 3.63) is 59.3 Å². The molecule has 1 aliphatic rings. The van der Waals surface area contributed by atoms with Crippen LogP contribution in [0.1, 0.15) is 139 Å². The van der Waals surface area contributed by atoms with E-state index in [0.29, 0.717) is 36.2 Å². The molecule has 15 heteroatoms. The predicted molar refractivity (Wildman–Crippen MR) is 211 cm³/mol. The van der Waals surface area contributed by atoms with Crippen LogP contribution in [0, 0.1) is 28.5 Å². The minimum absolute atomic E-state index is 0.0349. The van der Waals surface area contributed by atoms with Crippen LogP contribution in [0.4, 0.5) is 10.2 Å². The molecule has 0 spiro atoms. The number of ether oxygens (including phenoxy) is 3. The number of rotatable bonds is 29. The molecule has 1 aliphatic heterocycles. The molecule has 13 nitrogen and oxygen atoms in total. The molecule has 4 atom stereocenters. The average molecular weight is 799 g/mol. The van der Waals surface area contributed by atoms with Crippen molar-refractivity contribution in [1.29, 1.82) is 10.5 Å². The second-order valence-electron chi connectivity index (χ2n) is 14.7. The normalized spacial score (nSPS) is 18.5. The number of halogens is 1. The molecule has 0 aliphatic carbocycles. The van der Waals surface area contributed by atoms with Crippen molar-refractivity contribution in [1.82, 2.24) is 14.6 Å². The maximum absolute atomic E-state index is 14.2. The molecule has 0 amide bonds. The molecule has 3 aromatic rings. The number of nitriles is 2. The van der Waals surface area contributed by atoms with Crippen molar-refractivity contribution in [3.8, 4) is 12.1 Å². The van der Waals surface area contributed by atoms with Gasteiger partial charge in [-0.25, -0.2) is 18.5 Å². The highest BCUT2D eigenvalue weighted by Crippen LogP contribution is 2.46. The third-order valence-corrected chi connectivity index (χ3v) is 11.1. The molecule has 2 aromatic heterocycles. The van der Waals surface area contributed by atoms with Gasteiger partial charge in [-0.05, 0) is 49.1 Å². The van der Waals surface area contributed by atoms with E-state index in [4.69, 9.17) is 34.3 Å². The Morgan fingerprint density at radius 1 is 0.982 bits per heavy atom. The number of hydrogen-bond acceptors (Lipinski definition) is 11. The van der Waals surface area contributed by atoms with Crippen LogP contribution in [-0.4, -0.2) is 58.1 Å². The number of aromatic nitrogens is 3. The van der Waals surface area contributed by atoms with Crippen molar-refractivity contribution >= 4 is 19.2 Å². The van der Waals surface area contributed by atoms with Crippen molar-refractivity contribution in [2.45, 2.75) is 147 Å². The zero-order chi connectivity index (χ0) is 40.1. The smallest absolute Gasteiger partial charge is 0.382 e. The van der Waals surface area contributed by atoms with Gasteiger partial charge in [-0.3, -0.25) is 9.05 Å². The Morgan fingerprint density at radius 2 is 1.64 bits per heavy atom. The van der Waals surface area contributed by atoms with Gasteiger partial charge in [-0.15, -0.1) is 0 Å². The fourth-order valence-electron chi connectivity index (χ4n) is 6.93. The van der Waals surface area contributed by atoms with Crippen molar-refractivity contribution in [2.75, 3.05) is 32.2 Å². The molecule has 3 heterocycles. The van der Waals surface area contributed by atoms with Crippen molar-refractivity contribution in [3.63, 3.8) is 0 Å². The second-order valence-corrected chi connectivity index (χ2v) is 16.1. The Morgan fingerprint density at radius 3 is 2.27 bits per heavy atom. The minimum Gasteiger partial charge on any atom is -0.382 e. The van der Waals surface area contributed by atoms with Gasteiger partial charge < -0.3 is 24.8 Å². The standard InChI is InChI=1S/C41H60FN6O7P/c1-2-3-4-5-6-7-8-9-10-11-12-13-14-15-16-17-24-51-28-36(52-27-33-18-19-34(26-43)37(42)25-33)30-54-56(49,50)53-29-35-22-23-41(31-44,55-35)39-21-20-38-40(45)46-32-47-48(38)39/h18-21,25,32,35-36H,2-17,22-24,27-30H2,1H3,(H,49,50)(H2,45,46,47)/t35-,36+,41-/m0/s1. The number of benzene rings is 1. The van der Waals surface area contributed by atoms with E-state index in [1.807, 2.05) is 0 Å². The van der Waals surface area contributed by atoms with Gasteiger partial charge in [0.2, 0.25) is 0 Å². The van der Waals surface area contributed by atoms with Gasteiger partial charge >= 0.3 is 7.82 Å². The Labute approximate surface area is 331 Å². The summed E-state index contributed by atoms with van der Waals surface area (Å²) >= 11 is 0. The van der Waals surface area contributed by atoms with Crippen LogP contribution >= 0.6 is 7.82 Å². The maximum atomic E-state index is 14.2. The van der Waals surface area contributed by atoms with Gasteiger partial charge in [0.25, 0.3) is 0 Å². The first-order valence-corrected chi connectivity index (χ1v) is 21.9. The molecule has 1 saturated heterocycles. The van der Waals surface area contributed by atoms with Gasteiger partial charge in [-0.1, -0.05) is 109 Å². The van der Waals surface area contributed by atoms with Crippen LogP contribution in [0.5, 0.6) is 0 Å². The summed E-state index contributed by atoms with van der Waals surface area (Å²) < 4.78 is 57.2. The summed E-state index contributed by atoms with van der Waals surface area (Å²) in [4.78, 5) is 14.5. The van der Waals surface area contributed by atoms with Crippen LogP contribution < -0.4 is 5.73 Å². The van der Waals surface area contributed by atoms with E-state index in [2.05, 4.69) is 23.1 Å². The van der Waals surface area contributed by atoms with Crippen LogP contribution in [0.2, 0.25) is 0 Å². The summed E-state index contributed by atoms with van der Waals surface area (Å²) in [5, 5.41) is 23.4. The molecule has 0 bridgehead atoms. The van der Waals surface area contributed by atoms with E-state index in [1.54, 1.807) is 24.3 Å². The number of phosphoric acid groups is 1. The van der Waals surface area contributed by atoms with E-state index in [-0.39, 0.29) is 37.8 Å². The Balaban J connectivity index is 1.15. The first-order chi connectivity index (χ1) is 27.2. The summed E-state index contributed by atoms with van der Waals surface area (Å²) in [7, 11) is -4.58. The van der Waals surface area contributed by atoms with Gasteiger partial charge in [0.1, 0.15) is 35.9 Å². The Hall–Kier alpha value is -3.46. The third-order valence-electron chi connectivity index (χ3n) is 10.2. The second kappa shape index (κ2) is 24.3. The molecular weight excluding hydrogens is 738 g/mol. The molecule has 56 heavy (non-hydrogen) atoms. The van der Waals surface area contributed by atoms with Crippen molar-refractivity contribution < 1.29 is 37.1 Å². The number of fused-ring (bicyclic) bond motifs is 1. The number of phosphoric ester groups is 1. The summed E-state index contributed by atoms with van der Waals surface area (Å²) in [5.41, 5.74) is 5.99. The summed E-state index contributed by atoms with van der Waals surface area (Å²) in [6, 6.07) is 11.6. The van der Waals surface area contributed by atoms with E-state index in [0.717, 1.165) is 19.3 Å². The van der Waals surface area contributed by atoms with Gasteiger partial charge in [0.15, 0.2) is 11.4 Å². The molecule has 1 aromatic carbocycles. The fourth-order valence-corrected chi connectivity index (χ4v) is 7.71. The van der Waals surface area contributed by atoms with Crippen molar-refractivity contribution in [2.24, 2.45) is 0 Å². The molecule has 0 radical (unpaired) electrons. The zero-order valence-corrected chi connectivity index (χ0v) is 33.8. The lowest BCUT2D eigenvalue weighted by Crippen LogP contribution is -2.28. The number of nitrogens with two attached hydrogens (primary N) is 1. The molecule has 4 rings (SSSR count). The number of nitrogens with zero attached hydrogens (tertiary/aromatic N) is 5. The third kappa shape index (κ3) is 14.8. The largest absolute Gasteiger partial charge is 0.472 e. The first-order valence-electron chi connectivity index (χ1n) is 20.4. The molecule has 308 valence electrons. The molecule has 3 N–H and O–H groups in total. The van der Waals surface area contributed by atoms with E-state index < -0.39 is 31.4 Å².